The van der Waals surface area contributed by atoms with Gasteiger partial charge in [0.25, 0.3) is 0 Å². The Labute approximate surface area is 111 Å². The predicted molar refractivity (Wildman–Crippen MR) is 75.7 cm³/mol. The molecule has 0 radical (unpaired) electrons. The summed E-state index contributed by atoms with van der Waals surface area (Å²) in [6, 6.07) is 0.679. The number of hydrogen-bond donors (Lipinski definition) is 1. The van der Waals surface area contributed by atoms with Crippen molar-refractivity contribution in [3.8, 4) is 0 Å². The van der Waals surface area contributed by atoms with Crippen LogP contribution in [0.4, 0.5) is 0 Å². The van der Waals surface area contributed by atoms with Crippen LogP contribution < -0.4 is 5.73 Å². The average molecular weight is 249 g/mol. The first-order valence-corrected chi connectivity index (χ1v) is 7.32. The molecule has 2 N–H and O–H groups in total. The fourth-order valence-electron chi connectivity index (χ4n) is 3.27. The van der Waals surface area contributed by atoms with Crippen LogP contribution in [0.3, 0.4) is 0 Å². The van der Waals surface area contributed by atoms with Crippen LogP contribution in [0.2, 0.25) is 0 Å². The van der Waals surface area contributed by atoms with Gasteiger partial charge in [-0.3, -0.25) is 4.68 Å². The van der Waals surface area contributed by atoms with Gasteiger partial charge in [0, 0.05) is 11.7 Å². The molecule has 0 amide bonds. The highest BCUT2D eigenvalue weighted by Gasteiger charge is 2.30. The van der Waals surface area contributed by atoms with Gasteiger partial charge in [-0.2, -0.15) is 5.10 Å². The molecule has 18 heavy (non-hydrogen) atoms. The highest BCUT2D eigenvalue weighted by Crippen LogP contribution is 2.35. The van der Waals surface area contributed by atoms with Crippen molar-refractivity contribution in [2.75, 3.05) is 0 Å². The maximum Gasteiger partial charge on any atom is 0.0675 e. The maximum absolute atomic E-state index is 6.34. The van der Waals surface area contributed by atoms with Gasteiger partial charge in [-0.05, 0) is 51.5 Å². The third-order valence-electron chi connectivity index (χ3n) is 4.68. The van der Waals surface area contributed by atoms with Crippen molar-refractivity contribution in [2.24, 2.45) is 11.7 Å². The van der Waals surface area contributed by atoms with E-state index >= 15 is 0 Å². The molecule has 0 bridgehead atoms. The molecule has 1 aliphatic carbocycles. The van der Waals surface area contributed by atoms with Crippen LogP contribution in [0, 0.1) is 26.7 Å². The SMILES string of the molecule is CCCC1CCC(N)C(n2nc(C)c(C)c2C)C1. The Morgan fingerprint density at radius 1 is 1.28 bits per heavy atom. The third-order valence-corrected chi connectivity index (χ3v) is 4.68. The standard InChI is InChI=1S/C15H27N3/c1-5-6-13-7-8-14(16)15(9-13)18-12(4)10(2)11(3)17-18/h13-15H,5-9,16H2,1-4H3. The Hall–Kier alpha value is -0.830. The maximum atomic E-state index is 6.34. The molecule has 1 aliphatic rings. The lowest BCUT2D eigenvalue weighted by Gasteiger charge is -2.35. The van der Waals surface area contributed by atoms with Crippen molar-refractivity contribution < 1.29 is 0 Å². The smallest absolute Gasteiger partial charge is 0.0675 e. The minimum atomic E-state index is 0.274. The highest BCUT2D eigenvalue weighted by atomic mass is 15.3. The Morgan fingerprint density at radius 2 is 2.00 bits per heavy atom. The normalized spacial score (nSPS) is 28.6. The first-order valence-electron chi connectivity index (χ1n) is 7.32. The van der Waals surface area contributed by atoms with E-state index in [-0.39, 0.29) is 6.04 Å². The Bertz CT molecular complexity index is 408. The molecule has 102 valence electrons. The molecular formula is C15H27N3. The fourth-order valence-corrected chi connectivity index (χ4v) is 3.27. The van der Waals surface area contributed by atoms with Gasteiger partial charge in [0.2, 0.25) is 0 Å². The van der Waals surface area contributed by atoms with E-state index in [0.717, 1.165) is 18.0 Å². The second kappa shape index (κ2) is 5.43. The van der Waals surface area contributed by atoms with E-state index in [9.17, 15) is 0 Å². The molecule has 3 nitrogen and oxygen atoms in total. The van der Waals surface area contributed by atoms with Gasteiger partial charge in [-0.25, -0.2) is 0 Å². The van der Waals surface area contributed by atoms with Crippen molar-refractivity contribution in [3.63, 3.8) is 0 Å². The van der Waals surface area contributed by atoms with Gasteiger partial charge < -0.3 is 5.73 Å². The molecule has 0 aromatic carbocycles. The van der Waals surface area contributed by atoms with E-state index in [1.165, 1.54) is 36.9 Å². The first kappa shape index (κ1) is 13.6. The Morgan fingerprint density at radius 3 is 2.56 bits per heavy atom. The highest BCUT2D eigenvalue weighted by molar-refractivity contribution is 5.23. The molecule has 1 aromatic rings. The molecule has 3 unspecified atom stereocenters. The summed E-state index contributed by atoms with van der Waals surface area (Å²) in [5.41, 5.74) is 10.1. The fraction of sp³-hybridized carbons (Fsp3) is 0.800. The second-order valence-electron chi connectivity index (χ2n) is 5.94. The molecule has 2 rings (SSSR count). The van der Waals surface area contributed by atoms with Crippen molar-refractivity contribution in [1.82, 2.24) is 9.78 Å². The Balaban J connectivity index is 2.21. The van der Waals surface area contributed by atoms with Crippen LogP contribution in [-0.2, 0) is 0 Å². The minimum absolute atomic E-state index is 0.274. The van der Waals surface area contributed by atoms with Crippen LogP contribution in [0.1, 0.15) is 62.0 Å². The largest absolute Gasteiger partial charge is 0.326 e. The van der Waals surface area contributed by atoms with Crippen molar-refractivity contribution in [3.05, 3.63) is 17.0 Å². The minimum Gasteiger partial charge on any atom is -0.326 e. The quantitative estimate of drug-likeness (QED) is 0.893. The van der Waals surface area contributed by atoms with Crippen molar-refractivity contribution in [2.45, 2.75) is 71.9 Å². The van der Waals surface area contributed by atoms with Crippen molar-refractivity contribution >= 4 is 0 Å². The van der Waals surface area contributed by atoms with Crippen LogP contribution in [0.5, 0.6) is 0 Å². The second-order valence-corrected chi connectivity index (χ2v) is 5.94. The molecule has 0 aliphatic heterocycles. The Kier molecular flexibility index (Phi) is 4.10. The van der Waals surface area contributed by atoms with E-state index in [0.29, 0.717) is 6.04 Å². The lowest BCUT2D eigenvalue weighted by Crippen LogP contribution is -2.38. The molecule has 3 atom stereocenters. The molecule has 1 heterocycles. The zero-order valence-corrected chi connectivity index (χ0v) is 12.2. The summed E-state index contributed by atoms with van der Waals surface area (Å²) in [5.74, 6) is 0.837. The summed E-state index contributed by atoms with van der Waals surface area (Å²) < 4.78 is 2.21. The summed E-state index contributed by atoms with van der Waals surface area (Å²) >= 11 is 0. The molecule has 0 spiro atoms. The zero-order chi connectivity index (χ0) is 13.3. The van der Waals surface area contributed by atoms with E-state index in [2.05, 4.69) is 32.4 Å². The monoisotopic (exact) mass is 249 g/mol. The van der Waals surface area contributed by atoms with Gasteiger partial charge in [0.05, 0.1) is 11.7 Å². The van der Waals surface area contributed by atoms with Crippen molar-refractivity contribution in [1.29, 1.82) is 0 Å². The number of nitrogens with zero attached hydrogens (tertiary/aromatic N) is 2. The molecule has 1 fully saturated rings. The summed E-state index contributed by atoms with van der Waals surface area (Å²) in [7, 11) is 0. The molecule has 1 aromatic heterocycles. The summed E-state index contributed by atoms with van der Waals surface area (Å²) in [6.07, 6.45) is 6.26. The van der Waals surface area contributed by atoms with E-state index in [1.54, 1.807) is 0 Å². The summed E-state index contributed by atoms with van der Waals surface area (Å²) in [6.45, 7) is 8.70. The van der Waals surface area contributed by atoms with Crippen LogP contribution in [0.25, 0.3) is 0 Å². The van der Waals surface area contributed by atoms with E-state index in [4.69, 9.17) is 10.8 Å². The molecule has 1 saturated carbocycles. The van der Waals surface area contributed by atoms with E-state index < -0.39 is 0 Å². The van der Waals surface area contributed by atoms with Gasteiger partial charge in [0.15, 0.2) is 0 Å². The van der Waals surface area contributed by atoms with Crippen LogP contribution in [-0.4, -0.2) is 15.8 Å². The lowest BCUT2D eigenvalue weighted by atomic mass is 9.80. The van der Waals surface area contributed by atoms with Gasteiger partial charge in [0.1, 0.15) is 0 Å². The number of nitrogens with two attached hydrogens (primary N) is 1. The van der Waals surface area contributed by atoms with Gasteiger partial charge in [-0.15, -0.1) is 0 Å². The van der Waals surface area contributed by atoms with Crippen LogP contribution in [0.15, 0.2) is 0 Å². The number of rotatable bonds is 3. The van der Waals surface area contributed by atoms with Crippen LogP contribution >= 0.6 is 0 Å². The van der Waals surface area contributed by atoms with E-state index in [1.807, 2.05) is 0 Å². The topological polar surface area (TPSA) is 43.8 Å². The summed E-state index contributed by atoms with van der Waals surface area (Å²) in [5, 5.41) is 4.72. The number of hydrogen-bond acceptors (Lipinski definition) is 2. The molecule has 0 saturated heterocycles. The summed E-state index contributed by atoms with van der Waals surface area (Å²) in [4.78, 5) is 0. The number of aromatic nitrogens is 2. The lowest BCUT2D eigenvalue weighted by molar-refractivity contribution is 0.209. The molecule has 3 heteroatoms. The third kappa shape index (κ3) is 2.46. The van der Waals surface area contributed by atoms with Gasteiger partial charge in [-0.1, -0.05) is 19.8 Å². The average Bonchev–Trinajstić information content (AvgIpc) is 2.60. The predicted octanol–water partition coefficient (Wildman–Crippen LogP) is 3.28. The molecular weight excluding hydrogens is 222 g/mol. The first-order chi connectivity index (χ1) is 8.54. The zero-order valence-electron chi connectivity index (χ0n) is 12.2. The number of aryl methyl sites for hydroxylation is 1. The van der Waals surface area contributed by atoms with Gasteiger partial charge >= 0.3 is 0 Å².